The van der Waals surface area contributed by atoms with E-state index in [4.69, 9.17) is 0 Å². The van der Waals surface area contributed by atoms with E-state index in [1.54, 1.807) is 0 Å². The number of anilines is 1. The van der Waals surface area contributed by atoms with E-state index >= 15 is 0 Å². The number of carbonyl (C=O) groups is 1. The van der Waals surface area contributed by atoms with Gasteiger partial charge in [-0.25, -0.2) is 8.42 Å². The Labute approximate surface area is 178 Å². The van der Waals surface area contributed by atoms with Crippen LogP contribution in [0.4, 0.5) is 5.13 Å². The number of amides is 1. The average molecular weight is 442 g/mol. The third-order valence-corrected chi connectivity index (χ3v) is 6.04. The molecule has 1 aromatic carbocycles. The van der Waals surface area contributed by atoms with Crippen LogP contribution >= 0.6 is 11.5 Å². The minimum absolute atomic E-state index is 0.00644. The van der Waals surface area contributed by atoms with E-state index in [1.165, 1.54) is 6.08 Å². The summed E-state index contributed by atoms with van der Waals surface area (Å²) >= 11 is 0.735. The van der Waals surface area contributed by atoms with Crippen molar-refractivity contribution in [3.63, 3.8) is 0 Å². The first kappa shape index (κ1) is 21.4. The number of carbonyl (C=O) groups excluding carboxylic acids is 1. The largest absolute Gasteiger partial charge is 0.318 e. The van der Waals surface area contributed by atoms with E-state index < -0.39 is 15.7 Å². The number of nitrogens with zero attached hydrogens (tertiary/aromatic N) is 4. The smallest absolute Gasteiger partial charge is 0.268 e. The Kier molecular flexibility index (Phi) is 5.87. The molecule has 3 aromatic rings. The van der Waals surface area contributed by atoms with Gasteiger partial charge in [0.1, 0.15) is 11.6 Å². The molecule has 10 heteroatoms. The van der Waals surface area contributed by atoms with E-state index in [1.807, 2.05) is 57.2 Å². The van der Waals surface area contributed by atoms with E-state index in [0.29, 0.717) is 0 Å². The van der Waals surface area contributed by atoms with Gasteiger partial charge in [0.05, 0.1) is 0 Å². The van der Waals surface area contributed by atoms with E-state index in [-0.39, 0.29) is 15.9 Å². The molecule has 2 heterocycles. The van der Waals surface area contributed by atoms with Crippen molar-refractivity contribution in [2.24, 2.45) is 0 Å². The Morgan fingerprint density at radius 1 is 1.27 bits per heavy atom. The number of rotatable bonds is 5. The van der Waals surface area contributed by atoms with Gasteiger partial charge in [0.2, 0.25) is 15.0 Å². The summed E-state index contributed by atoms with van der Waals surface area (Å²) in [5, 5.41) is 11.6. The van der Waals surface area contributed by atoms with E-state index in [0.717, 1.165) is 46.0 Å². The SMILES string of the molecule is Cc1ccccc1-n1c(C)cc(/C=C(/C#N)C(=O)Nc2nc(S(C)(=O)=O)ns2)c1C. The Morgan fingerprint density at radius 3 is 2.57 bits per heavy atom. The third kappa shape index (κ3) is 4.32. The first-order valence-electron chi connectivity index (χ1n) is 8.83. The molecule has 0 saturated heterocycles. The maximum Gasteiger partial charge on any atom is 0.268 e. The molecular weight excluding hydrogens is 422 g/mol. The summed E-state index contributed by atoms with van der Waals surface area (Å²) in [6.45, 7) is 5.89. The Hall–Kier alpha value is -3.29. The molecule has 30 heavy (non-hydrogen) atoms. The molecule has 1 amide bonds. The fraction of sp³-hybridized carbons (Fsp3) is 0.200. The normalized spacial score (nSPS) is 11.9. The second-order valence-electron chi connectivity index (χ2n) is 6.73. The van der Waals surface area contributed by atoms with Gasteiger partial charge < -0.3 is 4.57 Å². The number of hydrogen-bond acceptors (Lipinski definition) is 7. The van der Waals surface area contributed by atoms with Crippen LogP contribution in [0.1, 0.15) is 22.5 Å². The molecule has 3 rings (SSSR count). The average Bonchev–Trinajstić information content (AvgIpc) is 3.25. The first-order chi connectivity index (χ1) is 14.1. The highest BCUT2D eigenvalue weighted by Crippen LogP contribution is 2.25. The summed E-state index contributed by atoms with van der Waals surface area (Å²) in [6, 6.07) is 11.7. The van der Waals surface area contributed by atoms with Crippen molar-refractivity contribution < 1.29 is 13.2 Å². The van der Waals surface area contributed by atoms with Crippen molar-refractivity contribution in [3.05, 3.63) is 58.4 Å². The predicted octanol–water partition coefficient (Wildman–Crippen LogP) is 3.20. The lowest BCUT2D eigenvalue weighted by Crippen LogP contribution is -2.13. The molecule has 0 fully saturated rings. The zero-order chi connectivity index (χ0) is 22.1. The Morgan fingerprint density at radius 2 is 1.97 bits per heavy atom. The number of aryl methyl sites for hydroxylation is 2. The summed E-state index contributed by atoms with van der Waals surface area (Å²) in [7, 11) is -3.58. The molecule has 1 N–H and O–H groups in total. The van der Waals surface area contributed by atoms with Gasteiger partial charge >= 0.3 is 0 Å². The van der Waals surface area contributed by atoms with Crippen LogP contribution in [-0.2, 0) is 14.6 Å². The van der Waals surface area contributed by atoms with Gasteiger partial charge in [-0.3, -0.25) is 10.1 Å². The number of nitriles is 1. The minimum atomic E-state index is -3.58. The van der Waals surface area contributed by atoms with Crippen LogP contribution in [0.15, 0.2) is 41.1 Å². The molecule has 0 bridgehead atoms. The van der Waals surface area contributed by atoms with Gasteiger partial charge in [-0.05, 0) is 50.1 Å². The predicted molar refractivity (Wildman–Crippen MR) is 115 cm³/mol. The Bertz CT molecular complexity index is 1310. The first-order valence-corrected chi connectivity index (χ1v) is 11.5. The molecule has 154 valence electrons. The van der Waals surface area contributed by atoms with Gasteiger partial charge in [0, 0.05) is 34.9 Å². The molecule has 0 unspecified atom stereocenters. The fourth-order valence-electron chi connectivity index (χ4n) is 3.00. The summed E-state index contributed by atoms with van der Waals surface area (Å²) in [6.07, 6.45) is 2.48. The van der Waals surface area contributed by atoms with Crippen molar-refractivity contribution in [2.45, 2.75) is 25.9 Å². The van der Waals surface area contributed by atoms with Gasteiger partial charge in [-0.1, -0.05) is 18.2 Å². The third-order valence-electron chi connectivity index (χ3n) is 4.45. The van der Waals surface area contributed by atoms with E-state index in [9.17, 15) is 18.5 Å². The molecule has 0 saturated carbocycles. The highest BCUT2D eigenvalue weighted by molar-refractivity contribution is 7.90. The van der Waals surface area contributed by atoms with Crippen molar-refractivity contribution in [1.82, 2.24) is 13.9 Å². The minimum Gasteiger partial charge on any atom is -0.318 e. The number of aromatic nitrogens is 3. The van der Waals surface area contributed by atoms with E-state index in [2.05, 4.69) is 19.2 Å². The van der Waals surface area contributed by atoms with Gasteiger partial charge in [-0.2, -0.15) is 14.6 Å². The summed E-state index contributed by atoms with van der Waals surface area (Å²) in [5.41, 5.74) is 4.58. The van der Waals surface area contributed by atoms with Crippen LogP contribution < -0.4 is 5.32 Å². The molecule has 0 aliphatic heterocycles. The lowest BCUT2D eigenvalue weighted by Gasteiger charge is -2.12. The van der Waals surface area contributed by atoms with Crippen LogP contribution in [-0.4, -0.2) is 34.5 Å². The van der Waals surface area contributed by atoms with Crippen LogP contribution in [0.3, 0.4) is 0 Å². The second-order valence-corrected chi connectivity index (χ2v) is 9.39. The summed E-state index contributed by atoms with van der Waals surface area (Å²) in [4.78, 5) is 16.3. The molecule has 2 aromatic heterocycles. The quantitative estimate of drug-likeness (QED) is 0.480. The zero-order valence-electron chi connectivity index (χ0n) is 16.8. The van der Waals surface area contributed by atoms with Crippen LogP contribution in [0, 0.1) is 32.1 Å². The molecule has 0 aliphatic rings. The lowest BCUT2D eigenvalue weighted by molar-refractivity contribution is -0.112. The molecule has 0 atom stereocenters. The monoisotopic (exact) mass is 441 g/mol. The zero-order valence-corrected chi connectivity index (χ0v) is 18.4. The van der Waals surface area contributed by atoms with Gasteiger partial charge in [0.25, 0.3) is 11.1 Å². The van der Waals surface area contributed by atoms with Crippen LogP contribution in [0.5, 0.6) is 0 Å². The summed E-state index contributed by atoms with van der Waals surface area (Å²) in [5.74, 6) is -0.686. The highest BCUT2D eigenvalue weighted by atomic mass is 32.2. The number of para-hydroxylation sites is 1. The lowest BCUT2D eigenvalue weighted by atomic mass is 10.1. The fourth-order valence-corrected chi connectivity index (χ4v) is 4.44. The van der Waals surface area contributed by atoms with Crippen molar-refractivity contribution in [2.75, 3.05) is 11.6 Å². The molecule has 8 nitrogen and oxygen atoms in total. The topological polar surface area (TPSA) is 118 Å². The molecule has 0 aliphatic carbocycles. The van der Waals surface area contributed by atoms with Crippen LogP contribution in [0.25, 0.3) is 11.8 Å². The number of nitrogens with one attached hydrogen (secondary N) is 1. The molecule has 0 spiro atoms. The number of sulfone groups is 1. The second kappa shape index (κ2) is 8.22. The van der Waals surface area contributed by atoms with Crippen molar-refractivity contribution >= 4 is 38.5 Å². The van der Waals surface area contributed by atoms with Crippen molar-refractivity contribution in [3.8, 4) is 11.8 Å². The van der Waals surface area contributed by atoms with Gasteiger partial charge in [-0.15, -0.1) is 0 Å². The van der Waals surface area contributed by atoms with Crippen LogP contribution in [0.2, 0.25) is 0 Å². The summed E-state index contributed by atoms with van der Waals surface area (Å²) < 4.78 is 28.7. The molecular formula is C20H19N5O3S2. The highest BCUT2D eigenvalue weighted by Gasteiger charge is 2.18. The number of hydrogen-bond donors (Lipinski definition) is 1. The standard InChI is InChI=1S/C20H19N5O3S2/c1-12-7-5-6-8-17(12)25-13(2)9-15(14(25)3)10-16(11-21)18(26)22-19-23-20(24-29-19)30(4,27)28/h5-10H,1-4H3,(H,22,23,24,26)/b16-10-. The maximum absolute atomic E-state index is 12.5. The molecule has 0 radical (unpaired) electrons. The maximum atomic E-state index is 12.5. The van der Waals surface area contributed by atoms with Crippen molar-refractivity contribution in [1.29, 1.82) is 5.26 Å². The Balaban J connectivity index is 1.92. The van der Waals surface area contributed by atoms with Gasteiger partial charge in [0.15, 0.2) is 0 Å². The number of benzene rings is 1.